The Morgan fingerprint density at radius 1 is 1.33 bits per heavy atom. The summed E-state index contributed by atoms with van der Waals surface area (Å²) in [4.78, 5) is 36.2. The van der Waals surface area contributed by atoms with Crippen LogP contribution in [0.1, 0.15) is 16.2 Å². The Morgan fingerprint density at radius 3 is 2.90 bits per heavy atom. The lowest BCUT2D eigenvalue weighted by molar-refractivity contribution is 0.0946. The molecule has 3 aromatic rings. The average molecular weight is 301 g/mol. The van der Waals surface area contributed by atoms with Gasteiger partial charge in [0.2, 0.25) is 0 Å². The molecule has 3 rings (SSSR count). The number of hydrogen-bond acceptors (Lipinski definition) is 5. The van der Waals surface area contributed by atoms with E-state index < -0.39 is 5.69 Å². The summed E-state index contributed by atoms with van der Waals surface area (Å²) < 4.78 is 0. The van der Waals surface area contributed by atoms with Crippen LogP contribution in [0.2, 0.25) is 0 Å². The van der Waals surface area contributed by atoms with Crippen molar-refractivity contribution in [3.8, 4) is 11.3 Å². The van der Waals surface area contributed by atoms with Gasteiger partial charge in [-0.15, -0.1) is 0 Å². The Hall–Kier alpha value is -2.74. The minimum absolute atomic E-state index is 0.181. The van der Waals surface area contributed by atoms with E-state index in [1.165, 1.54) is 6.20 Å². The number of amides is 1. The van der Waals surface area contributed by atoms with Gasteiger partial charge in [-0.05, 0) is 11.4 Å². The molecule has 3 heterocycles. The fourth-order valence-corrected chi connectivity index (χ4v) is 2.49. The highest BCUT2D eigenvalue weighted by Gasteiger charge is 2.11. The topological polar surface area (TPSA) is 104 Å². The Bertz CT molecular complexity index is 806. The highest BCUT2D eigenvalue weighted by atomic mass is 32.1. The quantitative estimate of drug-likeness (QED) is 0.672. The van der Waals surface area contributed by atoms with Gasteiger partial charge in [-0.3, -0.25) is 14.8 Å². The molecule has 1 amide bonds. The van der Waals surface area contributed by atoms with Crippen molar-refractivity contribution >= 4 is 17.2 Å². The summed E-state index contributed by atoms with van der Waals surface area (Å²) in [5, 5.41) is 6.63. The number of hydrogen-bond donors (Lipinski definition) is 3. The summed E-state index contributed by atoms with van der Waals surface area (Å²) in [5.74, 6) is -0.379. The fourth-order valence-electron chi connectivity index (χ4n) is 1.85. The van der Waals surface area contributed by atoms with Crippen molar-refractivity contribution in [1.29, 1.82) is 0 Å². The van der Waals surface area contributed by atoms with Crippen molar-refractivity contribution in [3.63, 3.8) is 0 Å². The summed E-state index contributed by atoms with van der Waals surface area (Å²) in [6.07, 6.45) is 4.52. The Morgan fingerprint density at radius 2 is 2.19 bits per heavy atom. The maximum atomic E-state index is 11.9. The smallest absolute Gasteiger partial charge is 0.323 e. The SMILES string of the molecule is O=C(NCc1nccnc1-c1ccsc1)c1c[nH]c(=O)[nH]1. The second kappa shape index (κ2) is 5.71. The van der Waals surface area contributed by atoms with E-state index in [0.29, 0.717) is 5.69 Å². The number of aromatic amines is 2. The number of carbonyl (C=O) groups excluding carboxylic acids is 1. The van der Waals surface area contributed by atoms with Crippen LogP contribution in [0.4, 0.5) is 0 Å². The van der Waals surface area contributed by atoms with Crippen LogP contribution in [0.15, 0.2) is 40.2 Å². The molecule has 106 valence electrons. The van der Waals surface area contributed by atoms with Crippen molar-refractivity contribution < 1.29 is 4.79 Å². The summed E-state index contributed by atoms with van der Waals surface area (Å²) in [6.45, 7) is 0.227. The van der Waals surface area contributed by atoms with E-state index in [1.807, 2.05) is 16.8 Å². The third-order valence-corrected chi connectivity index (χ3v) is 3.51. The van der Waals surface area contributed by atoms with Crippen LogP contribution in [0.5, 0.6) is 0 Å². The molecular formula is C13H11N5O2S. The van der Waals surface area contributed by atoms with Crippen molar-refractivity contribution in [2.45, 2.75) is 6.54 Å². The van der Waals surface area contributed by atoms with Gasteiger partial charge in [0, 0.05) is 29.5 Å². The molecule has 0 aliphatic carbocycles. The van der Waals surface area contributed by atoms with E-state index in [9.17, 15) is 9.59 Å². The van der Waals surface area contributed by atoms with Gasteiger partial charge in [0.25, 0.3) is 5.91 Å². The maximum absolute atomic E-state index is 11.9. The van der Waals surface area contributed by atoms with Gasteiger partial charge >= 0.3 is 5.69 Å². The van der Waals surface area contributed by atoms with E-state index in [4.69, 9.17) is 0 Å². The zero-order chi connectivity index (χ0) is 14.7. The molecule has 0 saturated carbocycles. The number of aromatic nitrogens is 4. The van der Waals surface area contributed by atoms with Gasteiger partial charge in [-0.2, -0.15) is 11.3 Å². The number of carbonyl (C=O) groups is 1. The third kappa shape index (κ3) is 2.90. The number of rotatable bonds is 4. The molecule has 3 N–H and O–H groups in total. The van der Waals surface area contributed by atoms with E-state index >= 15 is 0 Å². The van der Waals surface area contributed by atoms with E-state index in [-0.39, 0.29) is 18.1 Å². The molecule has 8 heteroatoms. The summed E-state index contributed by atoms with van der Waals surface area (Å²) in [7, 11) is 0. The molecular weight excluding hydrogens is 290 g/mol. The molecule has 0 fully saturated rings. The highest BCUT2D eigenvalue weighted by Crippen LogP contribution is 2.22. The molecule has 0 atom stereocenters. The molecule has 0 radical (unpaired) electrons. The van der Waals surface area contributed by atoms with Crippen molar-refractivity contribution in [2.24, 2.45) is 0 Å². The number of imidazole rings is 1. The summed E-state index contributed by atoms with van der Waals surface area (Å²) in [6, 6.07) is 1.95. The Balaban J connectivity index is 1.77. The van der Waals surface area contributed by atoms with E-state index in [1.54, 1.807) is 23.7 Å². The lowest BCUT2D eigenvalue weighted by atomic mass is 10.2. The third-order valence-electron chi connectivity index (χ3n) is 2.83. The molecule has 21 heavy (non-hydrogen) atoms. The van der Waals surface area contributed by atoms with Gasteiger partial charge in [0.05, 0.1) is 17.9 Å². The minimum Gasteiger partial charge on any atom is -0.345 e. The molecule has 0 bridgehead atoms. The highest BCUT2D eigenvalue weighted by molar-refractivity contribution is 7.08. The van der Waals surface area contributed by atoms with Gasteiger partial charge < -0.3 is 15.3 Å². The largest absolute Gasteiger partial charge is 0.345 e. The Kier molecular flexibility index (Phi) is 3.61. The normalized spacial score (nSPS) is 10.5. The number of thiophene rings is 1. The first kappa shape index (κ1) is 13.3. The first-order chi connectivity index (χ1) is 10.2. The van der Waals surface area contributed by atoms with Gasteiger partial charge in [-0.25, -0.2) is 4.79 Å². The van der Waals surface area contributed by atoms with Crippen molar-refractivity contribution in [1.82, 2.24) is 25.3 Å². The lowest BCUT2D eigenvalue weighted by Crippen LogP contribution is -2.24. The molecule has 0 spiro atoms. The first-order valence-corrected chi connectivity index (χ1v) is 7.06. The van der Waals surface area contributed by atoms with Gasteiger partial charge in [0.1, 0.15) is 5.69 Å². The molecule has 7 nitrogen and oxygen atoms in total. The predicted molar refractivity (Wildman–Crippen MR) is 77.9 cm³/mol. The van der Waals surface area contributed by atoms with Crippen LogP contribution in [-0.4, -0.2) is 25.8 Å². The van der Waals surface area contributed by atoms with Crippen LogP contribution in [-0.2, 0) is 6.54 Å². The second-order valence-corrected chi connectivity index (χ2v) is 4.98. The van der Waals surface area contributed by atoms with Crippen LogP contribution in [0.3, 0.4) is 0 Å². The summed E-state index contributed by atoms with van der Waals surface area (Å²) >= 11 is 1.57. The molecule has 3 aromatic heterocycles. The number of nitrogens with one attached hydrogen (secondary N) is 3. The van der Waals surface area contributed by atoms with Gasteiger partial charge in [0.15, 0.2) is 0 Å². The van der Waals surface area contributed by atoms with Crippen LogP contribution in [0.25, 0.3) is 11.3 Å². The zero-order valence-electron chi connectivity index (χ0n) is 10.8. The van der Waals surface area contributed by atoms with E-state index in [0.717, 1.165) is 11.3 Å². The van der Waals surface area contributed by atoms with Crippen molar-refractivity contribution in [2.75, 3.05) is 0 Å². The first-order valence-electron chi connectivity index (χ1n) is 6.12. The zero-order valence-corrected chi connectivity index (χ0v) is 11.6. The summed E-state index contributed by atoms with van der Waals surface area (Å²) in [5.41, 5.74) is 2.13. The monoisotopic (exact) mass is 301 g/mol. The Labute approximate surface area is 123 Å². The minimum atomic E-state index is -0.418. The van der Waals surface area contributed by atoms with Crippen LogP contribution < -0.4 is 11.0 Å². The predicted octanol–water partition coefficient (Wildman–Crippen LogP) is 1.15. The number of H-pyrrole nitrogens is 2. The molecule has 0 unspecified atom stereocenters. The lowest BCUT2D eigenvalue weighted by Gasteiger charge is -2.07. The van der Waals surface area contributed by atoms with Crippen LogP contribution in [0, 0.1) is 0 Å². The van der Waals surface area contributed by atoms with Crippen LogP contribution >= 0.6 is 11.3 Å². The van der Waals surface area contributed by atoms with Crippen molar-refractivity contribution in [3.05, 3.63) is 57.3 Å². The molecule has 0 aliphatic rings. The van der Waals surface area contributed by atoms with E-state index in [2.05, 4.69) is 25.3 Å². The average Bonchev–Trinajstić information content (AvgIpc) is 3.16. The maximum Gasteiger partial charge on any atom is 0.323 e. The molecule has 0 aromatic carbocycles. The number of nitrogens with zero attached hydrogens (tertiary/aromatic N) is 2. The molecule has 0 aliphatic heterocycles. The van der Waals surface area contributed by atoms with Gasteiger partial charge in [-0.1, -0.05) is 0 Å². The fraction of sp³-hybridized carbons (Fsp3) is 0.0769. The molecule has 0 saturated heterocycles. The standard InChI is InChI=1S/C13H11N5O2S/c19-12(10-6-17-13(20)18-10)16-5-9-11(15-3-2-14-9)8-1-4-21-7-8/h1-4,6-7H,5H2,(H,16,19)(H2,17,18,20). The second-order valence-electron chi connectivity index (χ2n) is 4.20.